The number of ether oxygens (including phenoxy) is 1. The number of carbonyl (C=O) groups is 3. The van der Waals surface area contributed by atoms with Crippen LogP contribution in [0, 0.1) is 0 Å². The molecule has 3 rings (SSSR count). The van der Waals surface area contributed by atoms with E-state index in [4.69, 9.17) is 4.74 Å². The van der Waals surface area contributed by atoms with Crippen LogP contribution >= 0.6 is 0 Å². The minimum Gasteiger partial charge on any atom is -0.462 e. The van der Waals surface area contributed by atoms with Crippen LogP contribution in [0.4, 0.5) is 5.69 Å². The highest BCUT2D eigenvalue weighted by Crippen LogP contribution is 2.19. The van der Waals surface area contributed by atoms with Crippen LogP contribution in [-0.2, 0) is 27.3 Å². The maximum absolute atomic E-state index is 12.4. The number of amides is 2. The van der Waals surface area contributed by atoms with E-state index in [1.807, 2.05) is 18.2 Å². The molecule has 0 spiro atoms. The average molecular weight is 366 g/mol. The summed E-state index contributed by atoms with van der Waals surface area (Å²) in [6.07, 6.45) is 0.598. The van der Waals surface area contributed by atoms with E-state index in [9.17, 15) is 14.4 Å². The highest BCUT2D eigenvalue weighted by molar-refractivity contribution is 6.03. The molecular formula is C21H22N2O4. The standard InChI is InChI=1S/C21H22N2O4/c1-2-27-21(26)16-7-9-18(10-8-16)22-19(24)13-20(25)23-12-11-15-5-3-4-6-17(15)14-23/h3-10H,2,11-14H2,1H3,(H,22,24). The maximum atomic E-state index is 12.4. The van der Waals surface area contributed by atoms with Gasteiger partial charge >= 0.3 is 5.97 Å². The molecule has 6 nitrogen and oxygen atoms in total. The van der Waals surface area contributed by atoms with Crippen molar-refractivity contribution in [3.05, 3.63) is 65.2 Å². The lowest BCUT2D eigenvalue weighted by Gasteiger charge is -2.28. The zero-order valence-corrected chi connectivity index (χ0v) is 15.2. The molecule has 2 aromatic rings. The second kappa shape index (κ2) is 8.49. The van der Waals surface area contributed by atoms with Gasteiger partial charge < -0.3 is 15.0 Å². The van der Waals surface area contributed by atoms with Crippen molar-refractivity contribution in [3.8, 4) is 0 Å². The van der Waals surface area contributed by atoms with E-state index in [-0.39, 0.29) is 18.2 Å². The molecule has 0 aliphatic carbocycles. The summed E-state index contributed by atoms with van der Waals surface area (Å²) in [6, 6.07) is 14.4. The first-order chi connectivity index (χ1) is 13.1. The number of benzene rings is 2. The van der Waals surface area contributed by atoms with E-state index in [0.717, 1.165) is 12.0 Å². The first-order valence-electron chi connectivity index (χ1n) is 8.98. The zero-order valence-electron chi connectivity index (χ0n) is 15.2. The summed E-state index contributed by atoms with van der Waals surface area (Å²) >= 11 is 0. The monoisotopic (exact) mass is 366 g/mol. The van der Waals surface area contributed by atoms with E-state index < -0.39 is 5.97 Å². The molecule has 0 bridgehead atoms. The van der Waals surface area contributed by atoms with Crippen LogP contribution in [0.15, 0.2) is 48.5 Å². The summed E-state index contributed by atoms with van der Waals surface area (Å²) in [5.41, 5.74) is 3.34. The third-order valence-corrected chi connectivity index (χ3v) is 4.47. The Bertz CT molecular complexity index is 846. The largest absolute Gasteiger partial charge is 0.462 e. The average Bonchev–Trinajstić information content (AvgIpc) is 2.68. The summed E-state index contributed by atoms with van der Waals surface area (Å²) in [4.78, 5) is 38.0. The van der Waals surface area contributed by atoms with Crippen molar-refractivity contribution in [2.24, 2.45) is 0 Å². The van der Waals surface area contributed by atoms with Crippen molar-refractivity contribution in [1.82, 2.24) is 4.90 Å². The number of nitrogens with zero attached hydrogens (tertiary/aromatic N) is 1. The van der Waals surface area contributed by atoms with Gasteiger partial charge in [0.2, 0.25) is 11.8 Å². The number of anilines is 1. The van der Waals surface area contributed by atoms with Crippen molar-refractivity contribution in [1.29, 1.82) is 0 Å². The van der Waals surface area contributed by atoms with Crippen molar-refractivity contribution >= 4 is 23.5 Å². The Morgan fingerprint density at radius 3 is 2.44 bits per heavy atom. The minimum absolute atomic E-state index is 0.190. The third kappa shape index (κ3) is 4.73. The summed E-state index contributed by atoms with van der Waals surface area (Å²) in [7, 11) is 0. The molecule has 1 aliphatic rings. The molecule has 1 heterocycles. The molecule has 0 atom stereocenters. The minimum atomic E-state index is -0.407. The van der Waals surface area contributed by atoms with Crippen molar-refractivity contribution in [2.45, 2.75) is 26.3 Å². The van der Waals surface area contributed by atoms with Crippen LogP contribution in [0.25, 0.3) is 0 Å². The van der Waals surface area contributed by atoms with E-state index in [0.29, 0.717) is 30.9 Å². The lowest BCUT2D eigenvalue weighted by atomic mass is 10.00. The van der Waals surface area contributed by atoms with Crippen LogP contribution in [0.2, 0.25) is 0 Å². The van der Waals surface area contributed by atoms with Gasteiger partial charge in [-0.15, -0.1) is 0 Å². The molecule has 2 aromatic carbocycles. The normalized spacial score (nSPS) is 12.9. The topological polar surface area (TPSA) is 75.7 Å². The predicted octanol–water partition coefficient (Wildman–Crippen LogP) is 2.78. The fourth-order valence-corrected chi connectivity index (χ4v) is 3.07. The van der Waals surface area contributed by atoms with Gasteiger partial charge in [-0.05, 0) is 48.7 Å². The van der Waals surface area contributed by atoms with Gasteiger partial charge in [0.1, 0.15) is 6.42 Å². The number of carbonyl (C=O) groups excluding carboxylic acids is 3. The Labute approximate surface area is 158 Å². The summed E-state index contributed by atoms with van der Waals surface area (Å²) in [6.45, 7) is 3.21. The number of rotatable bonds is 5. The van der Waals surface area contributed by atoms with Crippen LogP contribution in [0.5, 0.6) is 0 Å². The zero-order chi connectivity index (χ0) is 19.2. The molecule has 0 radical (unpaired) electrons. The van der Waals surface area contributed by atoms with Crippen LogP contribution < -0.4 is 5.32 Å². The van der Waals surface area contributed by atoms with Gasteiger partial charge in [-0.2, -0.15) is 0 Å². The van der Waals surface area contributed by atoms with E-state index in [1.165, 1.54) is 5.56 Å². The fraction of sp³-hybridized carbons (Fsp3) is 0.286. The number of fused-ring (bicyclic) bond motifs is 1. The van der Waals surface area contributed by atoms with Gasteiger partial charge in [0.05, 0.1) is 12.2 Å². The van der Waals surface area contributed by atoms with Crippen molar-refractivity contribution in [3.63, 3.8) is 0 Å². The highest BCUT2D eigenvalue weighted by atomic mass is 16.5. The van der Waals surface area contributed by atoms with E-state index in [1.54, 1.807) is 36.1 Å². The summed E-state index contributed by atoms with van der Waals surface area (Å²) in [5, 5.41) is 2.69. The molecular weight excluding hydrogens is 344 g/mol. The third-order valence-electron chi connectivity index (χ3n) is 4.47. The Morgan fingerprint density at radius 1 is 1.04 bits per heavy atom. The first-order valence-corrected chi connectivity index (χ1v) is 8.98. The van der Waals surface area contributed by atoms with Gasteiger partial charge in [-0.25, -0.2) is 4.79 Å². The molecule has 0 saturated heterocycles. The van der Waals surface area contributed by atoms with Crippen LogP contribution in [-0.4, -0.2) is 35.8 Å². The molecule has 140 valence electrons. The Kier molecular flexibility index (Phi) is 5.86. The van der Waals surface area contributed by atoms with Gasteiger partial charge in [-0.1, -0.05) is 24.3 Å². The fourth-order valence-electron chi connectivity index (χ4n) is 3.07. The lowest BCUT2D eigenvalue weighted by Crippen LogP contribution is -2.37. The van der Waals surface area contributed by atoms with Gasteiger partial charge in [0, 0.05) is 18.8 Å². The number of hydrogen-bond acceptors (Lipinski definition) is 4. The number of hydrogen-bond donors (Lipinski definition) is 1. The van der Waals surface area contributed by atoms with Crippen molar-refractivity contribution in [2.75, 3.05) is 18.5 Å². The lowest BCUT2D eigenvalue weighted by molar-refractivity contribution is -0.135. The number of esters is 1. The van der Waals surface area contributed by atoms with Gasteiger partial charge in [0.15, 0.2) is 0 Å². The van der Waals surface area contributed by atoms with E-state index >= 15 is 0 Å². The molecule has 0 aromatic heterocycles. The van der Waals surface area contributed by atoms with Crippen LogP contribution in [0.3, 0.4) is 0 Å². The molecule has 1 N–H and O–H groups in total. The van der Waals surface area contributed by atoms with Crippen molar-refractivity contribution < 1.29 is 19.1 Å². The first kappa shape index (κ1) is 18.6. The van der Waals surface area contributed by atoms with E-state index in [2.05, 4.69) is 11.4 Å². The smallest absolute Gasteiger partial charge is 0.338 e. The molecule has 27 heavy (non-hydrogen) atoms. The molecule has 1 aliphatic heterocycles. The SMILES string of the molecule is CCOC(=O)c1ccc(NC(=O)CC(=O)N2CCc3ccccc3C2)cc1. The molecule has 0 saturated carbocycles. The van der Waals surface area contributed by atoms with Crippen LogP contribution in [0.1, 0.15) is 34.8 Å². The molecule has 6 heteroatoms. The maximum Gasteiger partial charge on any atom is 0.338 e. The Balaban J connectivity index is 1.53. The predicted molar refractivity (Wildman–Crippen MR) is 101 cm³/mol. The summed E-state index contributed by atoms with van der Waals surface area (Å²) in [5.74, 6) is -0.969. The Hall–Kier alpha value is -3.15. The second-order valence-electron chi connectivity index (χ2n) is 6.36. The quantitative estimate of drug-likeness (QED) is 0.652. The van der Waals surface area contributed by atoms with Gasteiger partial charge in [-0.3, -0.25) is 9.59 Å². The number of nitrogens with one attached hydrogen (secondary N) is 1. The summed E-state index contributed by atoms with van der Waals surface area (Å²) < 4.78 is 4.92. The Morgan fingerprint density at radius 2 is 1.74 bits per heavy atom. The molecule has 2 amide bonds. The highest BCUT2D eigenvalue weighted by Gasteiger charge is 2.22. The second-order valence-corrected chi connectivity index (χ2v) is 6.36. The molecule has 0 unspecified atom stereocenters. The van der Waals surface area contributed by atoms with Gasteiger partial charge in [0.25, 0.3) is 0 Å². The molecule has 0 fully saturated rings.